The molecule has 0 bridgehead atoms. The Morgan fingerprint density at radius 3 is 2.57 bits per heavy atom. The van der Waals surface area contributed by atoms with Gasteiger partial charge in [-0.05, 0) is 19.4 Å². The molecule has 1 aliphatic rings. The summed E-state index contributed by atoms with van der Waals surface area (Å²) in [6, 6.07) is 0. The molecule has 1 rings (SSSR count). The normalized spacial score (nSPS) is 16.4. The molecule has 0 aromatic carbocycles. The first-order chi connectivity index (χ1) is 6.83. The van der Waals surface area contributed by atoms with E-state index in [0.717, 1.165) is 32.2 Å². The number of ether oxygens (including phenoxy) is 2. The van der Waals surface area contributed by atoms with Crippen molar-refractivity contribution in [1.29, 1.82) is 0 Å². The van der Waals surface area contributed by atoms with Crippen molar-refractivity contribution in [3.63, 3.8) is 0 Å². The molecule has 0 amide bonds. The van der Waals surface area contributed by atoms with Crippen molar-refractivity contribution < 1.29 is 14.3 Å². The predicted octanol–water partition coefficient (Wildman–Crippen LogP) is 0.838. The molecule has 0 radical (unpaired) electrons. The molecule has 1 fully saturated rings. The topological polar surface area (TPSA) is 61.6 Å². The lowest BCUT2D eigenvalue weighted by Gasteiger charge is -2.25. The number of hydrogen-bond donors (Lipinski definition) is 1. The van der Waals surface area contributed by atoms with Gasteiger partial charge in [0, 0.05) is 6.42 Å². The highest BCUT2D eigenvalue weighted by atomic mass is 16.6. The van der Waals surface area contributed by atoms with E-state index in [2.05, 4.69) is 0 Å². The lowest BCUT2D eigenvalue weighted by molar-refractivity contribution is -0.172. The molecule has 4 heteroatoms. The van der Waals surface area contributed by atoms with Crippen LogP contribution in [0.1, 0.15) is 32.1 Å². The van der Waals surface area contributed by atoms with E-state index in [1.807, 2.05) is 0 Å². The van der Waals surface area contributed by atoms with Crippen molar-refractivity contribution in [3.8, 4) is 0 Å². The number of rotatable bonds is 7. The fraction of sp³-hybridized carbons (Fsp3) is 0.900. The van der Waals surface area contributed by atoms with Crippen LogP contribution in [-0.2, 0) is 14.3 Å². The Hall–Kier alpha value is -0.610. The molecule has 1 heterocycles. The third-order valence-corrected chi connectivity index (χ3v) is 2.24. The molecule has 4 nitrogen and oxygen atoms in total. The molecule has 0 aromatic heterocycles. The van der Waals surface area contributed by atoms with Gasteiger partial charge in [0.1, 0.15) is 6.10 Å². The molecule has 0 spiro atoms. The van der Waals surface area contributed by atoms with E-state index in [9.17, 15) is 4.79 Å². The second-order valence-corrected chi connectivity index (χ2v) is 3.60. The summed E-state index contributed by atoms with van der Waals surface area (Å²) in [6.07, 6.45) is 4.68. The molecule has 0 atom stereocenters. The largest absolute Gasteiger partial charge is 0.457 e. The second kappa shape index (κ2) is 6.79. The molecule has 0 aromatic rings. The first-order valence-electron chi connectivity index (χ1n) is 5.30. The summed E-state index contributed by atoms with van der Waals surface area (Å²) in [7, 11) is 0. The summed E-state index contributed by atoms with van der Waals surface area (Å²) in [6.45, 7) is 1.88. The Balaban J connectivity index is 1.87. The van der Waals surface area contributed by atoms with E-state index in [-0.39, 0.29) is 12.1 Å². The van der Waals surface area contributed by atoms with Crippen LogP contribution in [0.4, 0.5) is 0 Å². The number of carbonyl (C=O) groups is 1. The van der Waals surface area contributed by atoms with Crippen molar-refractivity contribution in [2.75, 3.05) is 19.8 Å². The molecule has 0 aliphatic carbocycles. The number of nitrogens with two attached hydrogens (primary N) is 1. The Kier molecular flexibility index (Phi) is 5.56. The van der Waals surface area contributed by atoms with Crippen LogP contribution in [0.5, 0.6) is 0 Å². The van der Waals surface area contributed by atoms with Gasteiger partial charge < -0.3 is 15.2 Å². The molecule has 2 N–H and O–H groups in total. The maximum Gasteiger partial charge on any atom is 0.306 e. The molecular weight excluding hydrogens is 182 g/mol. The third kappa shape index (κ3) is 4.58. The fourth-order valence-electron chi connectivity index (χ4n) is 1.29. The minimum atomic E-state index is -0.0916. The van der Waals surface area contributed by atoms with E-state index in [1.54, 1.807) is 0 Å². The van der Waals surface area contributed by atoms with Crippen LogP contribution in [0.3, 0.4) is 0 Å². The van der Waals surface area contributed by atoms with Crippen LogP contribution < -0.4 is 5.73 Å². The van der Waals surface area contributed by atoms with E-state index in [0.29, 0.717) is 19.6 Å². The first kappa shape index (κ1) is 11.5. The van der Waals surface area contributed by atoms with Gasteiger partial charge in [0.2, 0.25) is 0 Å². The Labute approximate surface area is 84.7 Å². The van der Waals surface area contributed by atoms with Gasteiger partial charge in [-0.1, -0.05) is 12.8 Å². The standard InChI is InChI=1S/C10H19NO3/c11-6-4-2-1-3-5-10(12)14-9-7-13-8-9/h9H,1-8,11H2. The third-order valence-electron chi connectivity index (χ3n) is 2.24. The van der Waals surface area contributed by atoms with Crippen molar-refractivity contribution in [1.82, 2.24) is 0 Å². The van der Waals surface area contributed by atoms with Crippen LogP contribution in [0.25, 0.3) is 0 Å². The van der Waals surface area contributed by atoms with Crippen LogP contribution in [0, 0.1) is 0 Å². The minimum absolute atomic E-state index is 0.0199. The van der Waals surface area contributed by atoms with Gasteiger partial charge in [-0.3, -0.25) is 4.79 Å². The van der Waals surface area contributed by atoms with E-state index < -0.39 is 0 Å². The fourth-order valence-corrected chi connectivity index (χ4v) is 1.29. The Morgan fingerprint density at radius 2 is 2.00 bits per heavy atom. The molecule has 82 valence electrons. The van der Waals surface area contributed by atoms with Gasteiger partial charge in [-0.25, -0.2) is 0 Å². The number of hydrogen-bond acceptors (Lipinski definition) is 4. The minimum Gasteiger partial charge on any atom is -0.457 e. The highest BCUT2D eigenvalue weighted by Gasteiger charge is 2.22. The van der Waals surface area contributed by atoms with Crippen LogP contribution in [0.2, 0.25) is 0 Å². The highest BCUT2D eigenvalue weighted by Crippen LogP contribution is 2.09. The summed E-state index contributed by atoms with van der Waals surface area (Å²) < 4.78 is 10.0. The van der Waals surface area contributed by atoms with Crippen molar-refractivity contribution in [2.45, 2.75) is 38.2 Å². The van der Waals surface area contributed by atoms with Gasteiger partial charge in [0.05, 0.1) is 13.2 Å². The van der Waals surface area contributed by atoms with Gasteiger partial charge in [0.25, 0.3) is 0 Å². The predicted molar refractivity (Wildman–Crippen MR) is 52.8 cm³/mol. The lowest BCUT2D eigenvalue weighted by Crippen LogP contribution is -2.37. The summed E-state index contributed by atoms with van der Waals surface area (Å²) in [4.78, 5) is 11.2. The first-order valence-corrected chi connectivity index (χ1v) is 5.30. The molecular formula is C10H19NO3. The number of unbranched alkanes of at least 4 members (excludes halogenated alkanes) is 3. The molecule has 0 saturated carbocycles. The van der Waals surface area contributed by atoms with Crippen molar-refractivity contribution >= 4 is 5.97 Å². The van der Waals surface area contributed by atoms with E-state index >= 15 is 0 Å². The highest BCUT2D eigenvalue weighted by molar-refractivity contribution is 5.69. The Morgan fingerprint density at radius 1 is 1.29 bits per heavy atom. The Bertz CT molecular complexity index is 169. The number of carbonyl (C=O) groups excluding carboxylic acids is 1. The van der Waals surface area contributed by atoms with E-state index in [1.165, 1.54) is 0 Å². The van der Waals surface area contributed by atoms with Crippen molar-refractivity contribution in [2.24, 2.45) is 5.73 Å². The van der Waals surface area contributed by atoms with Gasteiger partial charge >= 0.3 is 5.97 Å². The molecule has 1 aliphatic heterocycles. The van der Waals surface area contributed by atoms with Crippen LogP contribution in [0.15, 0.2) is 0 Å². The average Bonchev–Trinajstić information content (AvgIpc) is 2.11. The van der Waals surface area contributed by atoms with Gasteiger partial charge in [-0.15, -0.1) is 0 Å². The maximum atomic E-state index is 11.2. The molecule has 14 heavy (non-hydrogen) atoms. The zero-order chi connectivity index (χ0) is 10.2. The summed E-state index contributed by atoms with van der Waals surface area (Å²) in [5.74, 6) is -0.0916. The monoisotopic (exact) mass is 201 g/mol. The molecule has 0 unspecified atom stereocenters. The zero-order valence-electron chi connectivity index (χ0n) is 8.54. The summed E-state index contributed by atoms with van der Waals surface area (Å²) >= 11 is 0. The van der Waals surface area contributed by atoms with Crippen LogP contribution in [-0.4, -0.2) is 31.8 Å². The maximum absolute atomic E-state index is 11.2. The second-order valence-electron chi connectivity index (χ2n) is 3.60. The van der Waals surface area contributed by atoms with Gasteiger partial charge in [0.15, 0.2) is 0 Å². The molecule has 1 saturated heterocycles. The lowest BCUT2D eigenvalue weighted by atomic mass is 10.1. The van der Waals surface area contributed by atoms with Gasteiger partial charge in [-0.2, -0.15) is 0 Å². The zero-order valence-corrected chi connectivity index (χ0v) is 8.54. The summed E-state index contributed by atoms with van der Waals surface area (Å²) in [5, 5.41) is 0. The van der Waals surface area contributed by atoms with Crippen LogP contribution >= 0.6 is 0 Å². The quantitative estimate of drug-likeness (QED) is 0.489. The average molecular weight is 201 g/mol. The summed E-state index contributed by atoms with van der Waals surface area (Å²) in [5.41, 5.74) is 5.36. The smallest absolute Gasteiger partial charge is 0.306 e. The van der Waals surface area contributed by atoms with Crippen molar-refractivity contribution in [3.05, 3.63) is 0 Å². The SMILES string of the molecule is NCCCCCCC(=O)OC1COC1. The number of esters is 1. The van der Waals surface area contributed by atoms with E-state index in [4.69, 9.17) is 15.2 Å².